The maximum absolute atomic E-state index is 11.1. The van der Waals surface area contributed by atoms with Crippen molar-refractivity contribution in [2.24, 2.45) is 0 Å². The van der Waals surface area contributed by atoms with Crippen LogP contribution in [0.5, 0.6) is 5.75 Å². The summed E-state index contributed by atoms with van der Waals surface area (Å²) in [5.41, 5.74) is 1.23. The zero-order chi connectivity index (χ0) is 12.8. The first-order valence-corrected chi connectivity index (χ1v) is 5.36. The Morgan fingerprint density at radius 1 is 1.53 bits per heavy atom. The summed E-state index contributed by atoms with van der Waals surface area (Å²) in [6.07, 6.45) is -0.697. The van der Waals surface area contributed by atoms with Gasteiger partial charge in [-0.3, -0.25) is 4.79 Å². The molecule has 0 saturated heterocycles. The van der Waals surface area contributed by atoms with Crippen molar-refractivity contribution >= 4 is 11.6 Å². The summed E-state index contributed by atoms with van der Waals surface area (Å²) in [7, 11) is 3.31. The highest BCUT2D eigenvalue weighted by atomic mass is 16.5. The van der Waals surface area contributed by atoms with E-state index >= 15 is 0 Å². The molecule has 94 valence electrons. The van der Waals surface area contributed by atoms with Gasteiger partial charge in [-0.2, -0.15) is 0 Å². The number of likely N-dealkylation sites (N-methyl/N-ethyl adjacent to an activating group) is 1. The molecule has 0 radical (unpaired) electrons. The van der Waals surface area contributed by atoms with Crippen LogP contribution in [-0.2, 0) is 4.79 Å². The molecule has 0 aliphatic carbocycles. The van der Waals surface area contributed by atoms with Crippen LogP contribution in [-0.4, -0.2) is 31.7 Å². The first-order valence-electron chi connectivity index (χ1n) is 5.36. The molecule has 5 heteroatoms. The number of aliphatic hydroxyl groups is 1. The highest BCUT2D eigenvalue weighted by Gasteiger charge is 2.13. The number of carbonyl (C=O) groups excluding carboxylic acids is 1. The second kappa shape index (κ2) is 6.22. The lowest BCUT2D eigenvalue weighted by Crippen LogP contribution is -2.19. The molecule has 0 saturated carbocycles. The van der Waals surface area contributed by atoms with Crippen molar-refractivity contribution in [3.05, 3.63) is 23.8 Å². The third-order valence-corrected chi connectivity index (χ3v) is 2.33. The van der Waals surface area contributed by atoms with Crippen molar-refractivity contribution in [3.63, 3.8) is 0 Å². The Labute approximate surface area is 101 Å². The molecule has 5 nitrogen and oxygen atoms in total. The summed E-state index contributed by atoms with van der Waals surface area (Å²) in [4.78, 5) is 11.1. The normalized spacial score (nSPS) is 12.0. The highest BCUT2D eigenvalue weighted by Crippen LogP contribution is 2.27. The number of ether oxygens (including phenoxy) is 1. The van der Waals surface area contributed by atoms with E-state index in [4.69, 9.17) is 4.74 Å². The molecule has 1 aromatic carbocycles. The van der Waals surface area contributed by atoms with Gasteiger partial charge in [0.2, 0.25) is 5.91 Å². The topological polar surface area (TPSA) is 70.6 Å². The van der Waals surface area contributed by atoms with Gasteiger partial charge < -0.3 is 20.5 Å². The molecule has 1 aromatic rings. The van der Waals surface area contributed by atoms with Crippen molar-refractivity contribution in [1.29, 1.82) is 0 Å². The molecule has 0 fully saturated rings. The van der Waals surface area contributed by atoms with Gasteiger partial charge in [0.15, 0.2) is 0 Å². The SMILES string of the molecule is CNCC(O)c1cc(OC)ccc1NC(C)=O. The number of benzene rings is 1. The fourth-order valence-corrected chi connectivity index (χ4v) is 1.55. The quantitative estimate of drug-likeness (QED) is 0.713. The molecule has 0 aliphatic heterocycles. The van der Waals surface area contributed by atoms with Gasteiger partial charge in [0.25, 0.3) is 0 Å². The summed E-state index contributed by atoms with van der Waals surface area (Å²) in [6.45, 7) is 1.83. The highest BCUT2D eigenvalue weighted by molar-refractivity contribution is 5.89. The third kappa shape index (κ3) is 3.72. The molecule has 1 atom stereocenters. The van der Waals surface area contributed by atoms with Gasteiger partial charge in [0.05, 0.1) is 13.2 Å². The molecular formula is C12H18N2O3. The van der Waals surface area contributed by atoms with E-state index in [1.165, 1.54) is 6.92 Å². The van der Waals surface area contributed by atoms with E-state index in [1.807, 2.05) is 0 Å². The lowest BCUT2D eigenvalue weighted by atomic mass is 10.1. The Morgan fingerprint density at radius 3 is 2.76 bits per heavy atom. The smallest absolute Gasteiger partial charge is 0.221 e. The Bertz CT molecular complexity index is 393. The van der Waals surface area contributed by atoms with Gasteiger partial charge in [0.1, 0.15) is 5.75 Å². The number of nitrogens with one attached hydrogen (secondary N) is 2. The first kappa shape index (κ1) is 13.5. The van der Waals surface area contributed by atoms with Crippen molar-refractivity contribution in [2.75, 3.05) is 26.0 Å². The van der Waals surface area contributed by atoms with Gasteiger partial charge >= 0.3 is 0 Å². The average Bonchev–Trinajstić information content (AvgIpc) is 2.29. The van der Waals surface area contributed by atoms with E-state index in [1.54, 1.807) is 32.4 Å². The van der Waals surface area contributed by atoms with E-state index in [2.05, 4.69) is 10.6 Å². The number of methoxy groups -OCH3 is 1. The maximum atomic E-state index is 11.1. The van der Waals surface area contributed by atoms with E-state index in [0.717, 1.165) is 0 Å². The van der Waals surface area contributed by atoms with Crippen LogP contribution in [0.2, 0.25) is 0 Å². The van der Waals surface area contributed by atoms with Gasteiger partial charge in [-0.05, 0) is 25.2 Å². The molecule has 1 unspecified atom stereocenters. The number of rotatable bonds is 5. The van der Waals surface area contributed by atoms with Crippen LogP contribution in [0.4, 0.5) is 5.69 Å². The number of amides is 1. The fraction of sp³-hybridized carbons (Fsp3) is 0.417. The number of anilines is 1. The molecule has 0 aliphatic rings. The van der Waals surface area contributed by atoms with Crippen LogP contribution >= 0.6 is 0 Å². The summed E-state index contributed by atoms with van der Waals surface area (Å²) in [5, 5.41) is 15.5. The van der Waals surface area contributed by atoms with Crippen LogP contribution in [0, 0.1) is 0 Å². The summed E-state index contributed by atoms with van der Waals surface area (Å²) in [6, 6.07) is 5.17. The Kier molecular flexibility index (Phi) is 4.93. The van der Waals surface area contributed by atoms with Crippen LogP contribution in [0.1, 0.15) is 18.6 Å². The zero-order valence-corrected chi connectivity index (χ0v) is 10.3. The minimum Gasteiger partial charge on any atom is -0.497 e. The van der Waals surface area contributed by atoms with Gasteiger partial charge in [-0.1, -0.05) is 0 Å². The number of carbonyl (C=O) groups is 1. The van der Waals surface area contributed by atoms with Crippen LogP contribution in [0.25, 0.3) is 0 Å². The van der Waals surface area contributed by atoms with Gasteiger partial charge in [-0.15, -0.1) is 0 Å². The molecule has 0 bridgehead atoms. The monoisotopic (exact) mass is 238 g/mol. The van der Waals surface area contributed by atoms with Crippen molar-refractivity contribution in [3.8, 4) is 5.75 Å². The molecule has 1 rings (SSSR count). The van der Waals surface area contributed by atoms with E-state index in [9.17, 15) is 9.90 Å². The molecule has 17 heavy (non-hydrogen) atoms. The summed E-state index contributed by atoms with van der Waals surface area (Å²) >= 11 is 0. The van der Waals surface area contributed by atoms with E-state index < -0.39 is 6.10 Å². The molecular weight excluding hydrogens is 220 g/mol. The summed E-state index contributed by atoms with van der Waals surface area (Å²) in [5.74, 6) is 0.470. The van der Waals surface area contributed by atoms with Crippen molar-refractivity contribution in [2.45, 2.75) is 13.0 Å². The zero-order valence-electron chi connectivity index (χ0n) is 10.3. The summed E-state index contributed by atoms with van der Waals surface area (Å²) < 4.78 is 5.10. The largest absolute Gasteiger partial charge is 0.497 e. The Morgan fingerprint density at radius 2 is 2.24 bits per heavy atom. The maximum Gasteiger partial charge on any atom is 0.221 e. The number of hydrogen-bond donors (Lipinski definition) is 3. The minimum atomic E-state index is -0.697. The van der Waals surface area contributed by atoms with Gasteiger partial charge in [0, 0.05) is 24.7 Å². The number of aliphatic hydroxyl groups excluding tert-OH is 1. The van der Waals surface area contributed by atoms with Crippen LogP contribution in [0.3, 0.4) is 0 Å². The second-order valence-corrected chi connectivity index (χ2v) is 3.71. The Hall–Kier alpha value is -1.59. The standard InChI is InChI=1S/C12H18N2O3/c1-8(15)14-11-5-4-9(17-3)6-10(11)12(16)7-13-2/h4-6,12-13,16H,7H2,1-3H3,(H,14,15). The molecule has 0 heterocycles. The Balaban J connectivity index is 3.06. The van der Waals surface area contributed by atoms with Crippen LogP contribution in [0.15, 0.2) is 18.2 Å². The van der Waals surface area contributed by atoms with E-state index in [0.29, 0.717) is 23.5 Å². The fourth-order valence-electron chi connectivity index (χ4n) is 1.55. The number of hydrogen-bond acceptors (Lipinski definition) is 4. The van der Waals surface area contributed by atoms with E-state index in [-0.39, 0.29) is 5.91 Å². The van der Waals surface area contributed by atoms with Crippen molar-refractivity contribution in [1.82, 2.24) is 5.32 Å². The molecule has 0 spiro atoms. The second-order valence-electron chi connectivity index (χ2n) is 3.71. The molecule has 3 N–H and O–H groups in total. The minimum absolute atomic E-state index is 0.173. The molecule has 1 amide bonds. The third-order valence-electron chi connectivity index (χ3n) is 2.33. The lowest BCUT2D eigenvalue weighted by Gasteiger charge is -2.16. The molecule has 0 aromatic heterocycles. The van der Waals surface area contributed by atoms with Crippen LogP contribution < -0.4 is 15.4 Å². The predicted octanol–water partition coefficient (Wildman–Crippen LogP) is 0.906. The van der Waals surface area contributed by atoms with Crippen molar-refractivity contribution < 1.29 is 14.6 Å². The first-order chi connectivity index (χ1) is 8.08. The average molecular weight is 238 g/mol. The lowest BCUT2D eigenvalue weighted by molar-refractivity contribution is -0.114. The predicted molar refractivity (Wildman–Crippen MR) is 66.2 cm³/mol. The van der Waals surface area contributed by atoms with Gasteiger partial charge in [-0.25, -0.2) is 0 Å².